The van der Waals surface area contributed by atoms with Crippen LogP contribution >= 0.6 is 0 Å². The summed E-state index contributed by atoms with van der Waals surface area (Å²) in [6.45, 7) is 1.17. The molecule has 0 aromatic heterocycles. The Kier molecular flexibility index (Phi) is 3.06. The van der Waals surface area contributed by atoms with Crippen LogP contribution in [-0.2, 0) is 5.41 Å². The molecule has 0 unspecified atom stereocenters. The Morgan fingerprint density at radius 1 is 1.09 bits per heavy atom. The highest BCUT2D eigenvalue weighted by Gasteiger charge is 2.61. The lowest BCUT2D eigenvalue weighted by Crippen LogP contribution is -2.48. The molecule has 3 aliphatic rings. The van der Waals surface area contributed by atoms with Gasteiger partial charge in [-0.05, 0) is 62.4 Å². The summed E-state index contributed by atoms with van der Waals surface area (Å²) >= 11 is 0. The highest BCUT2D eigenvalue weighted by atomic mass is 16.5. The molecule has 0 radical (unpaired) electrons. The van der Waals surface area contributed by atoms with E-state index in [1.807, 2.05) is 0 Å². The van der Waals surface area contributed by atoms with Crippen LogP contribution in [-0.4, -0.2) is 38.8 Å². The van der Waals surface area contributed by atoms with Crippen LogP contribution in [0.4, 0.5) is 0 Å². The number of likely N-dealkylation sites (N-methyl/N-ethyl adjacent to an activating group) is 1. The molecule has 1 saturated heterocycles. The predicted octanol–water partition coefficient (Wildman–Crippen LogP) is 3.39. The van der Waals surface area contributed by atoms with Gasteiger partial charge < -0.3 is 14.4 Å². The quantitative estimate of drug-likeness (QED) is 0.799. The lowest BCUT2D eigenvalue weighted by Gasteiger charge is -2.44. The standard InChI is InChI=1S/C19H25NO2/c1-20-12-11-19(8-4-7-18(9-10-18)17(19)20)14-5-6-15(21-2)16(13-14)22-3/h4-6,8,13,17H,7,9-12H2,1-3H3/t17-,19-/m0/s1. The third-order valence-corrected chi connectivity index (χ3v) is 6.14. The molecule has 3 nitrogen and oxygen atoms in total. The average molecular weight is 299 g/mol. The number of likely N-dealkylation sites (tertiary alicyclic amines) is 1. The molecule has 1 saturated carbocycles. The van der Waals surface area contributed by atoms with E-state index in [2.05, 4.69) is 42.3 Å². The van der Waals surface area contributed by atoms with Crippen LogP contribution in [0.1, 0.15) is 31.2 Å². The van der Waals surface area contributed by atoms with Crippen molar-refractivity contribution in [2.24, 2.45) is 5.41 Å². The summed E-state index contributed by atoms with van der Waals surface area (Å²) in [5.41, 5.74) is 2.04. The van der Waals surface area contributed by atoms with E-state index in [-0.39, 0.29) is 5.41 Å². The molecule has 1 aromatic rings. The maximum absolute atomic E-state index is 5.54. The lowest BCUT2D eigenvalue weighted by atomic mass is 9.64. The van der Waals surface area contributed by atoms with Crippen LogP contribution in [0.2, 0.25) is 0 Å². The molecule has 2 aliphatic carbocycles. The van der Waals surface area contributed by atoms with Gasteiger partial charge in [0.2, 0.25) is 0 Å². The highest BCUT2D eigenvalue weighted by Crippen LogP contribution is 2.63. The largest absolute Gasteiger partial charge is 0.493 e. The molecule has 1 heterocycles. The minimum absolute atomic E-state index is 0.142. The SMILES string of the molecule is COc1ccc([C@@]23C=CCC4(CC4)[C@@H]2N(C)CC3)cc1OC. The molecule has 4 rings (SSSR count). The first kappa shape index (κ1) is 14.1. The maximum atomic E-state index is 5.54. The number of hydrogen-bond donors (Lipinski definition) is 0. The van der Waals surface area contributed by atoms with Gasteiger partial charge in [-0.3, -0.25) is 0 Å². The van der Waals surface area contributed by atoms with Gasteiger partial charge in [-0.25, -0.2) is 0 Å². The third-order valence-electron chi connectivity index (χ3n) is 6.14. The lowest BCUT2D eigenvalue weighted by molar-refractivity contribution is 0.161. The van der Waals surface area contributed by atoms with Gasteiger partial charge in [0, 0.05) is 11.5 Å². The van der Waals surface area contributed by atoms with Gasteiger partial charge in [0.1, 0.15) is 0 Å². The van der Waals surface area contributed by atoms with E-state index in [1.54, 1.807) is 14.2 Å². The Labute approximate surface area is 132 Å². The first-order chi connectivity index (χ1) is 10.6. The predicted molar refractivity (Wildman–Crippen MR) is 87.7 cm³/mol. The maximum Gasteiger partial charge on any atom is 0.161 e. The van der Waals surface area contributed by atoms with Crippen LogP contribution in [0.15, 0.2) is 30.4 Å². The van der Waals surface area contributed by atoms with Gasteiger partial charge in [-0.2, -0.15) is 0 Å². The Hall–Kier alpha value is -1.48. The van der Waals surface area contributed by atoms with Crippen molar-refractivity contribution in [2.75, 3.05) is 27.8 Å². The van der Waals surface area contributed by atoms with Crippen molar-refractivity contribution < 1.29 is 9.47 Å². The third kappa shape index (κ3) is 1.78. The van der Waals surface area contributed by atoms with E-state index < -0.39 is 0 Å². The zero-order valence-electron chi connectivity index (χ0n) is 13.8. The van der Waals surface area contributed by atoms with Crippen molar-refractivity contribution in [1.29, 1.82) is 0 Å². The van der Waals surface area contributed by atoms with Crippen LogP contribution in [0.3, 0.4) is 0 Å². The molecule has 0 N–H and O–H groups in total. The number of hydrogen-bond acceptors (Lipinski definition) is 3. The molecule has 1 aliphatic heterocycles. The summed E-state index contributed by atoms with van der Waals surface area (Å²) in [4.78, 5) is 2.59. The second kappa shape index (κ2) is 4.76. The second-order valence-corrected chi connectivity index (χ2v) is 7.21. The number of rotatable bonds is 3. The van der Waals surface area contributed by atoms with Gasteiger partial charge >= 0.3 is 0 Å². The van der Waals surface area contributed by atoms with Crippen molar-refractivity contribution in [3.8, 4) is 11.5 Å². The molecule has 2 fully saturated rings. The first-order valence-corrected chi connectivity index (χ1v) is 8.26. The summed E-state index contributed by atoms with van der Waals surface area (Å²) in [5, 5.41) is 0. The van der Waals surface area contributed by atoms with E-state index in [0.29, 0.717) is 11.5 Å². The Balaban J connectivity index is 1.83. The molecule has 0 bridgehead atoms. The van der Waals surface area contributed by atoms with Crippen LogP contribution in [0.25, 0.3) is 0 Å². The van der Waals surface area contributed by atoms with Crippen LogP contribution in [0, 0.1) is 5.41 Å². The van der Waals surface area contributed by atoms with E-state index in [1.165, 1.54) is 37.8 Å². The fraction of sp³-hybridized carbons (Fsp3) is 0.579. The van der Waals surface area contributed by atoms with Gasteiger partial charge in [0.15, 0.2) is 11.5 Å². The summed E-state index contributed by atoms with van der Waals surface area (Å²) < 4.78 is 11.0. The number of allylic oxidation sites excluding steroid dienone is 1. The highest BCUT2D eigenvalue weighted by molar-refractivity contribution is 5.49. The van der Waals surface area contributed by atoms with Crippen molar-refractivity contribution in [2.45, 2.75) is 37.1 Å². The molecule has 1 spiro atoms. The zero-order valence-corrected chi connectivity index (χ0v) is 13.8. The average Bonchev–Trinajstić information content (AvgIpc) is 3.21. The summed E-state index contributed by atoms with van der Waals surface area (Å²) in [6.07, 6.45) is 10.1. The summed E-state index contributed by atoms with van der Waals surface area (Å²) in [7, 11) is 5.71. The monoisotopic (exact) mass is 299 g/mol. The van der Waals surface area contributed by atoms with Crippen molar-refractivity contribution in [1.82, 2.24) is 4.90 Å². The second-order valence-electron chi connectivity index (χ2n) is 7.21. The summed E-state index contributed by atoms with van der Waals surface area (Å²) in [5.74, 6) is 1.65. The molecule has 3 heteroatoms. The number of methoxy groups -OCH3 is 2. The molecule has 1 aromatic carbocycles. The Bertz CT molecular complexity index is 620. The number of fused-ring (bicyclic) bond motifs is 2. The normalized spacial score (nSPS) is 32.0. The molecule has 2 atom stereocenters. The Morgan fingerprint density at radius 2 is 1.86 bits per heavy atom. The van der Waals surface area contributed by atoms with Gasteiger partial charge in [-0.1, -0.05) is 18.2 Å². The van der Waals surface area contributed by atoms with Gasteiger partial charge in [-0.15, -0.1) is 0 Å². The number of benzene rings is 1. The van der Waals surface area contributed by atoms with E-state index in [9.17, 15) is 0 Å². The topological polar surface area (TPSA) is 21.7 Å². The fourth-order valence-electron chi connectivity index (χ4n) is 4.99. The first-order valence-electron chi connectivity index (χ1n) is 8.26. The summed E-state index contributed by atoms with van der Waals surface area (Å²) in [6, 6.07) is 7.11. The zero-order chi connectivity index (χ0) is 15.4. The molecule has 22 heavy (non-hydrogen) atoms. The minimum atomic E-state index is 0.142. The van der Waals surface area contributed by atoms with Crippen molar-refractivity contribution in [3.63, 3.8) is 0 Å². The smallest absolute Gasteiger partial charge is 0.161 e. The van der Waals surface area contributed by atoms with Crippen LogP contribution < -0.4 is 9.47 Å². The molecular weight excluding hydrogens is 274 g/mol. The molecular formula is C19H25NO2. The van der Waals surface area contributed by atoms with Crippen molar-refractivity contribution >= 4 is 0 Å². The van der Waals surface area contributed by atoms with Gasteiger partial charge in [0.05, 0.1) is 14.2 Å². The van der Waals surface area contributed by atoms with E-state index in [0.717, 1.165) is 11.5 Å². The van der Waals surface area contributed by atoms with Crippen LogP contribution in [0.5, 0.6) is 11.5 Å². The molecule has 0 amide bonds. The van der Waals surface area contributed by atoms with Crippen molar-refractivity contribution in [3.05, 3.63) is 35.9 Å². The minimum Gasteiger partial charge on any atom is -0.493 e. The van der Waals surface area contributed by atoms with E-state index >= 15 is 0 Å². The number of nitrogens with zero attached hydrogens (tertiary/aromatic N) is 1. The fourth-order valence-corrected chi connectivity index (χ4v) is 4.99. The Morgan fingerprint density at radius 3 is 2.55 bits per heavy atom. The van der Waals surface area contributed by atoms with E-state index in [4.69, 9.17) is 9.47 Å². The molecule has 118 valence electrons. The van der Waals surface area contributed by atoms with Gasteiger partial charge in [0.25, 0.3) is 0 Å². The number of ether oxygens (including phenoxy) is 2.